The number of nitrogens with one attached hydrogen (secondary N) is 1. The zero-order chi connectivity index (χ0) is 18.9. The zero-order valence-electron chi connectivity index (χ0n) is 15.0. The van der Waals surface area contributed by atoms with Gasteiger partial charge in [-0.1, -0.05) is 31.1 Å². The van der Waals surface area contributed by atoms with Gasteiger partial charge in [0.1, 0.15) is 22.8 Å². The molecule has 2 aromatic heterocycles. The van der Waals surface area contributed by atoms with Crippen LogP contribution in [0.5, 0.6) is 0 Å². The second kappa shape index (κ2) is 6.70. The Labute approximate surface area is 149 Å². The molecule has 3 aromatic rings. The average Bonchev–Trinajstić information content (AvgIpc) is 3.19. The lowest BCUT2D eigenvalue weighted by Gasteiger charge is -2.16. The summed E-state index contributed by atoms with van der Waals surface area (Å²) in [5.41, 5.74) is 1.29. The highest BCUT2D eigenvalue weighted by atomic mass is 19.1. The van der Waals surface area contributed by atoms with Gasteiger partial charge in [0.05, 0.1) is 6.54 Å². The van der Waals surface area contributed by atoms with Crippen LogP contribution in [0.2, 0.25) is 0 Å². The maximum Gasteiger partial charge on any atom is 0.257 e. The standard InChI is InChI=1S/C18H19FN4O3/c1-10-14(15(22-25-10)18(2,3)4)17(24)20-9-13-21-16(23-26-13)11-5-7-12(19)8-6-11/h5-8H,9H2,1-4H3,(H,20,24). The van der Waals surface area contributed by atoms with Crippen molar-refractivity contribution in [2.45, 2.75) is 39.7 Å². The van der Waals surface area contributed by atoms with Gasteiger partial charge in [0, 0.05) is 11.0 Å². The maximum atomic E-state index is 13.0. The van der Waals surface area contributed by atoms with E-state index in [1.807, 2.05) is 20.8 Å². The summed E-state index contributed by atoms with van der Waals surface area (Å²) in [6.45, 7) is 7.61. The number of rotatable bonds is 4. The summed E-state index contributed by atoms with van der Waals surface area (Å²) in [5.74, 6) is 0.346. The van der Waals surface area contributed by atoms with E-state index in [1.165, 1.54) is 12.1 Å². The Morgan fingerprint density at radius 2 is 1.85 bits per heavy atom. The topological polar surface area (TPSA) is 94.1 Å². The minimum Gasteiger partial charge on any atom is -0.361 e. The lowest BCUT2D eigenvalue weighted by atomic mass is 9.88. The van der Waals surface area contributed by atoms with Crippen LogP contribution in [-0.4, -0.2) is 21.2 Å². The fourth-order valence-corrected chi connectivity index (χ4v) is 2.44. The first-order valence-corrected chi connectivity index (χ1v) is 8.09. The van der Waals surface area contributed by atoms with E-state index in [-0.39, 0.29) is 29.6 Å². The highest BCUT2D eigenvalue weighted by molar-refractivity contribution is 5.96. The molecule has 0 saturated carbocycles. The van der Waals surface area contributed by atoms with Crippen molar-refractivity contribution >= 4 is 5.91 Å². The van der Waals surface area contributed by atoms with Gasteiger partial charge < -0.3 is 14.4 Å². The Bertz CT molecular complexity index is 923. The van der Waals surface area contributed by atoms with Crippen molar-refractivity contribution < 1.29 is 18.2 Å². The summed E-state index contributed by atoms with van der Waals surface area (Å²) < 4.78 is 23.3. The van der Waals surface area contributed by atoms with E-state index in [2.05, 4.69) is 20.6 Å². The first-order chi connectivity index (χ1) is 12.3. The molecule has 0 bridgehead atoms. The molecule has 136 valence electrons. The lowest BCUT2D eigenvalue weighted by molar-refractivity contribution is 0.0943. The van der Waals surface area contributed by atoms with Crippen molar-refractivity contribution in [2.24, 2.45) is 0 Å². The second-order valence-corrected chi connectivity index (χ2v) is 6.91. The van der Waals surface area contributed by atoms with E-state index in [4.69, 9.17) is 9.05 Å². The minimum absolute atomic E-state index is 0.0568. The van der Waals surface area contributed by atoms with Gasteiger partial charge in [-0.2, -0.15) is 4.98 Å². The molecule has 2 heterocycles. The minimum atomic E-state index is -0.344. The molecule has 0 radical (unpaired) electrons. The molecular weight excluding hydrogens is 339 g/mol. The van der Waals surface area contributed by atoms with E-state index >= 15 is 0 Å². The molecule has 7 nitrogen and oxygen atoms in total. The van der Waals surface area contributed by atoms with Crippen LogP contribution < -0.4 is 5.32 Å². The number of hydrogen-bond acceptors (Lipinski definition) is 6. The number of nitrogens with zero attached hydrogens (tertiary/aromatic N) is 3. The quantitative estimate of drug-likeness (QED) is 0.768. The largest absolute Gasteiger partial charge is 0.361 e. The number of carbonyl (C=O) groups excluding carboxylic acids is 1. The summed E-state index contributed by atoms with van der Waals surface area (Å²) in [6.07, 6.45) is 0. The molecule has 0 spiro atoms. The Kier molecular flexibility index (Phi) is 4.58. The fraction of sp³-hybridized carbons (Fsp3) is 0.333. The van der Waals surface area contributed by atoms with Gasteiger partial charge in [0.25, 0.3) is 5.91 Å². The summed E-state index contributed by atoms with van der Waals surface area (Å²) in [5, 5.41) is 10.6. The molecule has 1 N–H and O–H groups in total. The van der Waals surface area contributed by atoms with Gasteiger partial charge in [-0.25, -0.2) is 4.39 Å². The molecule has 0 atom stereocenters. The van der Waals surface area contributed by atoms with Crippen LogP contribution in [0.25, 0.3) is 11.4 Å². The summed E-state index contributed by atoms with van der Waals surface area (Å²) >= 11 is 0. The van der Waals surface area contributed by atoms with Crippen molar-refractivity contribution in [3.63, 3.8) is 0 Å². The molecule has 0 saturated heterocycles. The summed E-state index contributed by atoms with van der Waals surface area (Å²) in [7, 11) is 0. The predicted molar refractivity (Wildman–Crippen MR) is 90.8 cm³/mol. The molecule has 0 aliphatic rings. The Morgan fingerprint density at radius 3 is 2.50 bits per heavy atom. The molecular formula is C18H19FN4O3. The van der Waals surface area contributed by atoms with Crippen LogP contribution in [-0.2, 0) is 12.0 Å². The lowest BCUT2D eigenvalue weighted by Crippen LogP contribution is -2.27. The van der Waals surface area contributed by atoms with Crippen LogP contribution in [0, 0.1) is 12.7 Å². The van der Waals surface area contributed by atoms with Gasteiger partial charge in [-0.15, -0.1) is 0 Å². The first-order valence-electron chi connectivity index (χ1n) is 8.09. The van der Waals surface area contributed by atoms with Crippen LogP contribution in [0.3, 0.4) is 0 Å². The normalized spacial score (nSPS) is 11.6. The summed E-state index contributed by atoms with van der Waals surface area (Å²) in [4.78, 5) is 16.7. The Hall–Kier alpha value is -3.03. The van der Waals surface area contributed by atoms with Crippen LogP contribution in [0.15, 0.2) is 33.3 Å². The van der Waals surface area contributed by atoms with Gasteiger partial charge in [0.15, 0.2) is 0 Å². The van der Waals surface area contributed by atoms with Gasteiger partial charge >= 0.3 is 0 Å². The van der Waals surface area contributed by atoms with E-state index in [0.29, 0.717) is 28.4 Å². The highest BCUT2D eigenvalue weighted by Gasteiger charge is 2.28. The molecule has 3 rings (SSSR count). The monoisotopic (exact) mass is 358 g/mol. The predicted octanol–water partition coefficient (Wildman–Crippen LogP) is 3.40. The van der Waals surface area contributed by atoms with E-state index in [9.17, 15) is 9.18 Å². The molecule has 0 aliphatic carbocycles. The van der Waals surface area contributed by atoms with Gasteiger partial charge in [-0.05, 0) is 31.2 Å². The number of aromatic nitrogens is 3. The van der Waals surface area contributed by atoms with Crippen molar-refractivity contribution in [3.05, 3.63) is 53.0 Å². The maximum absolute atomic E-state index is 13.0. The number of aryl methyl sites for hydroxylation is 1. The number of carbonyl (C=O) groups is 1. The van der Waals surface area contributed by atoms with Crippen molar-refractivity contribution in [3.8, 4) is 11.4 Å². The molecule has 1 aromatic carbocycles. The van der Waals surface area contributed by atoms with Crippen LogP contribution in [0.4, 0.5) is 4.39 Å². The number of benzene rings is 1. The Morgan fingerprint density at radius 1 is 1.15 bits per heavy atom. The van der Waals surface area contributed by atoms with Crippen molar-refractivity contribution in [1.29, 1.82) is 0 Å². The Balaban J connectivity index is 1.71. The van der Waals surface area contributed by atoms with E-state index in [1.54, 1.807) is 19.1 Å². The second-order valence-electron chi connectivity index (χ2n) is 6.91. The molecule has 1 amide bonds. The number of hydrogen-bond donors (Lipinski definition) is 1. The van der Waals surface area contributed by atoms with Crippen LogP contribution >= 0.6 is 0 Å². The number of amides is 1. The van der Waals surface area contributed by atoms with E-state index in [0.717, 1.165) is 0 Å². The molecule has 0 aliphatic heterocycles. The summed E-state index contributed by atoms with van der Waals surface area (Å²) in [6, 6.07) is 5.74. The van der Waals surface area contributed by atoms with Gasteiger partial charge in [-0.3, -0.25) is 4.79 Å². The third-order valence-electron chi connectivity index (χ3n) is 3.77. The smallest absolute Gasteiger partial charge is 0.257 e. The molecule has 0 fully saturated rings. The SMILES string of the molecule is Cc1onc(C(C)(C)C)c1C(=O)NCc1nc(-c2ccc(F)cc2)no1. The average molecular weight is 358 g/mol. The molecule has 26 heavy (non-hydrogen) atoms. The van der Waals surface area contributed by atoms with Crippen LogP contribution in [0.1, 0.15) is 48.5 Å². The van der Waals surface area contributed by atoms with Crippen molar-refractivity contribution in [1.82, 2.24) is 20.6 Å². The van der Waals surface area contributed by atoms with Crippen molar-refractivity contribution in [2.75, 3.05) is 0 Å². The highest BCUT2D eigenvalue weighted by Crippen LogP contribution is 2.26. The first kappa shape index (κ1) is 17.8. The zero-order valence-corrected chi connectivity index (χ0v) is 15.0. The third-order valence-corrected chi connectivity index (χ3v) is 3.77. The van der Waals surface area contributed by atoms with Gasteiger partial charge in [0.2, 0.25) is 11.7 Å². The fourth-order valence-electron chi connectivity index (χ4n) is 2.44. The molecule has 8 heteroatoms. The molecule has 0 unspecified atom stereocenters. The number of halogens is 1. The van der Waals surface area contributed by atoms with E-state index < -0.39 is 0 Å². The third kappa shape index (κ3) is 3.63.